The molecule has 2 aromatic heterocycles. The molecule has 0 saturated carbocycles. The van der Waals surface area contributed by atoms with Gasteiger partial charge in [-0.3, -0.25) is 9.48 Å². The van der Waals surface area contributed by atoms with Crippen LogP contribution in [0.4, 0.5) is 15.8 Å². The Morgan fingerprint density at radius 3 is 2.95 bits per heavy atom. The van der Waals surface area contributed by atoms with Crippen LogP contribution in [0.15, 0.2) is 42.7 Å². The molecule has 0 bridgehead atoms. The monoisotopic (exact) mass is 500 g/mol. The van der Waals surface area contributed by atoms with Crippen molar-refractivity contribution in [3.05, 3.63) is 59.8 Å². The van der Waals surface area contributed by atoms with Gasteiger partial charge in [-0.1, -0.05) is 6.07 Å². The highest BCUT2D eigenvalue weighted by atomic mass is 19.1. The van der Waals surface area contributed by atoms with Crippen molar-refractivity contribution in [3.8, 4) is 23.2 Å². The fourth-order valence-corrected chi connectivity index (χ4v) is 4.77. The third kappa shape index (κ3) is 4.43. The number of piperidine rings is 1. The molecule has 3 heterocycles. The number of carbonyl (C=O) groups excluding carboxylic acids is 1. The number of nitrogens with two attached hydrogens (primary N) is 1. The molecule has 0 aliphatic carbocycles. The predicted molar refractivity (Wildman–Crippen MR) is 137 cm³/mol. The van der Waals surface area contributed by atoms with Crippen molar-refractivity contribution in [3.63, 3.8) is 0 Å². The van der Waals surface area contributed by atoms with Gasteiger partial charge in [-0.05, 0) is 37.1 Å². The molecule has 3 N–H and O–H groups in total. The van der Waals surface area contributed by atoms with E-state index in [1.54, 1.807) is 30.1 Å². The Labute approximate surface area is 212 Å². The SMILES string of the molecule is COc1cccc(F)c1-c1nccc(C(=O)Nc2cc(C#N)c3c(cnn3C)c2N2CCC[C@@H](N)C2)n1. The average molecular weight is 501 g/mol. The number of halogens is 1. The Balaban J connectivity index is 1.57. The first-order chi connectivity index (χ1) is 17.9. The maximum absolute atomic E-state index is 14.6. The molecule has 1 saturated heterocycles. The van der Waals surface area contributed by atoms with E-state index in [1.807, 2.05) is 0 Å². The zero-order valence-corrected chi connectivity index (χ0v) is 20.4. The summed E-state index contributed by atoms with van der Waals surface area (Å²) >= 11 is 0. The van der Waals surface area contributed by atoms with E-state index in [4.69, 9.17) is 10.5 Å². The number of benzene rings is 2. The first-order valence-electron chi connectivity index (χ1n) is 11.8. The van der Waals surface area contributed by atoms with Crippen molar-refractivity contribution >= 4 is 28.2 Å². The summed E-state index contributed by atoms with van der Waals surface area (Å²) < 4.78 is 21.5. The van der Waals surface area contributed by atoms with Gasteiger partial charge < -0.3 is 20.7 Å². The largest absolute Gasteiger partial charge is 0.496 e. The maximum atomic E-state index is 14.6. The van der Waals surface area contributed by atoms with Crippen LogP contribution >= 0.6 is 0 Å². The number of fused-ring (bicyclic) bond motifs is 1. The van der Waals surface area contributed by atoms with Crippen LogP contribution in [0.3, 0.4) is 0 Å². The van der Waals surface area contributed by atoms with Gasteiger partial charge in [0.25, 0.3) is 5.91 Å². The quantitative estimate of drug-likeness (QED) is 0.426. The molecule has 4 aromatic rings. The minimum atomic E-state index is -0.568. The minimum Gasteiger partial charge on any atom is -0.496 e. The van der Waals surface area contributed by atoms with Crippen molar-refractivity contribution in [2.75, 3.05) is 30.4 Å². The Morgan fingerprint density at radius 1 is 1.35 bits per heavy atom. The molecule has 1 aliphatic heterocycles. The molecule has 188 valence electrons. The van der Waals surface area contributed by atoms with Crippen molar-refractivity contribution in [1.82, 2.24) is 19.7 Å². The standard InChI is InChI=1S/C26H25FN8O2/c1-34-23-15(12-28)11-20(24(17(23)13-31-34)35-10-4-5-16(29)14-35)33-26(36)19-8-9-30-25(32-19)22-18(27)6-3-7-21(22)37-2/h3,6-9,11,13,16H,4-5,10,14,29H2,1-2H3,(H,33,36)/t16-/m1/s1. The van der Waals surface area contributed by atoms with Gasteiger partial charge in [0.2, 0.25) is 0 Å². The minimum absolute atomic E-state index is 0.0140. The van der Waals surface area contributed by atoms with E-state index in [2.05, 4.69) is 31.4 Å². The van der Waals surface area contributed by atoms with Gasteiger partial charge in [0.15, 0.2) is 5.82 Å². The van der Waals surface area contributed by atoms with E-state index in [0.717, 1.165) is 30.5 Å². The zero-order chi connectivity index (χ0) is 26.1. The lowest BCUT2D eigenvalue weighted by Crippen LogP contribution is -2.43. The van der Waals surface area contributed by atoms with Gasteiger partial charge in [0.1, 0.15) is 23.3 Å². The molecule has 1 amide bonds. The summed E-state index contributed by atoms with van der Waals surface area (Å²) in [7, 11) is 3.19. The smallest absolute Gasteiger partial charge is 0.274 e. The number of carbonyl (C=O) groups is 1. The summed E-state index contributed by atoms with van der Waals surface area (Å²) in [6.07, 6.45) is 4.89. The molecule has 5 rings (SSSR count). The first-order valence-corrected chi connectivity index (χ1v) is 11.8. The number of hydrogen-bond donors (Lipinski definition) is 2. The summed E-state index contributed by atoms with van der Waals surface area (Å²) in [5.74, 6) is -0.831. The molecule has 1 fully saturated rings. The van der Waals surface area contributed by atoms with Gasteiger partial charge in [0.05, 0.1) is 41.3 Å². The molecule has 37 heavy (non-hydrogen) atoms. The van der Waals surface area contributed by atoms with Crippen LogP contribution in [0.1, 0.15) is 28.9 Å². The second kappa shape index (κ2) is 9.83. The van der Waals surface area contributed by atoms with E-state index >= 15 is 0 Å². The summed E-state index contributed by atoms with van der Waals surface area (Å²) in [6.45, 7) is 1.35. The first kappa shape index (κ1) is 24.1. The fourth-order valence-electron chi connectivity index (χ4n) is 4.77. The van der Waals surface area contributed by atoms with Gasteiger partial charge in [-0.25, -0.2) is 14.4 Å². The van der Waals surface area contributed by atoms with E-state index < -0.39 is 11.7 Å². The van der Waals surface area contributed by atoms with E-state index in [-0.39, 0.29) is 28.9 Å². The molecular weight excluding hydrogens is 475 g/mol. The van der Waals surface area contributed by atoms with Crippen LogP contribution in [-0.4, -0.2) is 51.9 Å². The number of nitrogens with one attached hydrogen (secondary N) is 1. The van der Waals surface area contributed by atoms with Crippen LogP contribution in [0.25, 0.3) is 22.3 Å². The van der Waals surface area contributed by atoms with Gasteiger partial charge >= 0.3 is 0 Å². The molecule has 2 aromatic carbocycles. The van der Waals surface area contributed by atoms with Crippen LogP contribution in [0.5, 0.6) is 5.75 Å². The molecule has 0 spiro atoms. The Hall–Kier alpha value is -4.56. The second-order valence-electron chi connectivity index (χ2n) is 8.85. The average Bonchev–Trinajstić information content (AvgIpc) is 3.29. The van der Waals surface area contributed by atoms with E-state index in [9.17, 15) is 14.4 Å². The lowest BCUT2D eigenvalue weighted by atomic mass is 10.0. The van der Waals surface area contributed by atoms with Crippen molar-refractivity contribution < 1.29 is 13.9 Å². The second-order valence-corrected chi connectivity index (χ2v) is 8.85. The number of methoxy groups -OCH3 is 1. The summed E-state index contributed by atoms with van der Waals surface area (Å²) in [5, 5.41) is 17.8. The van der Waals surface area contributed by atoms with Crippen LogP contribution in [-0.2, 0) is 7.05 Å². The lowest BCUT2D eigenvalue weighted by molar-refractivity contribution is 0.102. The molecule has 1 aliphatic rings. The van der Waals surface area contributed by atoms with Crippen molar-refractivity contribution in [1.29, 1.82) is 5.26 Å². The molecule has 0 unspecified atom stereocenters. The van der Waals surface area contributed by atoms with Gasteiger partial charge in [0, 0.05) is 37.8 Å². The molecule has 0 radical (unpaired) electrons. The molecule has 10 nitrogen and oxygen atoms in total. The number of aromatic nitrogens is 4. The number of nitrogens with zero attached hydrogens (tertiary/aromatic N) is 6. The molecule has 1 atom stereocenters. The highest BCUT2D eigenvalue weighted by Gasteiger charge is 2.26. The number of anilines is 2. The van der Waals surface area contributed by atoms with Crippen molar-refractivity contribution in [2.24, 2.45) is 12.8 Å². The third-order valence-corrected chi connectivity index (χ3v) is 6.44. The number of ether oxygens (including phenoxy) is 1. The third-order valence-electron chi connectivity index (χ3n) is 6.44. The van der Waals surface area contributed by atoms with Gasteiger partial charge in [-0.15, -0.1) is 0 Å². The van der Waals surface area contributed by atoms with Crippen LogP contribution < -0.4 is 20.7 Å². The Bertz CT molecular complexity index is 1540. The zero-order valence-electron chi connectivity index (χ0n) is 20.4. The fraction of sp³-hybridized carbons (Fsp3) is 0.269. The van der Waals surface area contributed by atoms with Gasteiger partial charge in [-0.2, -0.15) is 10.4 Å². The number of rotatable bonds is 5. The number of hydrogen-bond acceptors (Lipinski definition) is 8. The predicted octanol–water partition coefficient (Wildman–Crippen LogP) is 3.23. The molecule has 11 heteroatoms. The normalized spacial score (nSPS) is 15.4. The van der Waals surface area contributed by atoms with Crippen LogP contribution in [0, 0.1) is 17.1 Å². The summed E-state index contributed by atoms with van der Waals surface area (Å²) in [5.41, 5.74) is 8.58. The summed E-state index contributed by atoms with van der Waals surface area (Å²) in [4.78, 5) is 24.0. The van der Waals surface area contributed by atoms with E-state index in [1.165, 1.54) is 31.5 Å². The number of aryl methyl sites for hydroxylation is 1. The maximum Gasteiger partial charge on any atom is 0.274 e. The summed E-state index contributed by atoms with van der Waals surface area (Å²) in [6, 6.07) is 9.65. The Morgan fingerprint density at radius 2 is 2.19 bits per heavy atom. The highest BCUT2D eigenvalue weighted by Crippen LogP contribution is 2.38. The number of nitriles is 1. The molecular formula is C26H25FN8O2. The lowest BCUT2D eigenvalue weighted by Gasteiger charge is -2.34. The van der Waals surface area contributed by atoms with Crippen LogP contribution in [0.2, 0.25) is 0 Å². The highest BCUT2D eigenvalue weighted by molar-refractivity contribution is 6.10. The topological polar surface area (TPSA) is 135 Å². The Kier molecular flexibility index (Phi) is 6.42. The van der Waals surface area contributed by atoms with Crippen molar-refractivity contribution in [2.45, 2.75) is 18.9 Å². The van der Waals surface area contributed by atoms with E-state index in [0.29, 0.717) is 23.3 Å². The number of amides is 1.